The molecule has 1 amide bonds. The maximum absolute atomic E-state index is 12.3. The van der Waals surface area contributed by atoms with E-state index in [0.29, 0.717) is 6.42 Å². The Hall–Kier alpha value is -1.35. The van der Waals surface area contributed by atoms with Gasteiger partial charge in [-0.25, -0.2) is 0 Å². The van der Waals surface area contributed by atoms with E-state index in [2.05, 4.69) is 12.1 Å². The van der Waals surface area contributed by atoms with E-state index in [1.54, 1.807) is 0 Å². The van der Waals surface area contributed by atoms with Crippen LogP contribution in [0, 0.1) is 0 Å². The summed E-state index contributed by atoms with van der Waals surface area (Å²) in [5.74, 6) is 0.218. The Balaban J connectivity index is 1.65. The highest BCUT2D eigenvalue weighted by Gasteiger charge is 2.34. The normalized spacial score (nSPS) is 21.1. The summed E-state index contributed by atoms with van der Waals surface area (Å²) in [6.45, 7) is 1.51. The average molecular weight is 244 g/mol. The SMILES string of the molecule is NC1(CC(=O)N2Cc3ccccc3C2)CCCC1. The van der Waals surface area contributed by atoms with Gasteiger partial charge >= 0.3 is 0 Å². The van der Waals surface area contributed by atoms with Gasteiger partial charge in [0.1, 0.15) is 0 Å². The third kappa shape index (κ3) is 2.15. The van der Waals surface area contributed by atoms with Crippen molar-refractivity contribution in [2.24, 2.45) is 5.73 Å². The van der Waals surface area contributed by atoms with Gasteiger partial charge in [-0.15, -0.1) is 0 Å². The van der Waals surface area contributed by atoms with Crippen LogP contribution in [-0.2, 0) is 17.9 Å². The molecule has 1 fully saturated rings. The molecule has 0 saturated heterocycles. The second-order valence-electron chi connectivity index (χ2n) is 5.76. The van der Waals surface area contributed by atoms with Gasteiger partial charge in [0.05, 0.1) is 0 Å². The molecule has 0 bridgehead atoms. The molecule has 1 aliphatic carbocycles. The van der Waals surface area contributed by atoms with Crippen molar-refractivity contribution in [2.45, 2.75) is 50.7 Å². The molecule has 3 heteroatoms. The lowest BCUT2D eigenvalue weighted by molar-refractivity contribution is -0.133. The van der Waals surface area contributed by atoms with Crippen LogP contribution in [0.3, 0.4) is 0 Å². The van der Waals surface area contributed by atoms with E-state index in [4.69, 9.17) is 5.73 Å². The molecule has 1 aliphatic heterocycles. The summed E-state index contributed by atoms with van der Waals surface area (Å²) < 4.78 is 0. The fourth-order valence-electron chi connectivity index (χ4n) is 3.18. The van der Waals surface area contributed by atoms with Gasteiger partial charge < -0.3 is 10.6 Å². The molecule has 3 nitrogen and oxygen atoms in total. The highest BCUT2D eigenvalue weighted by atomic mass is 16.2. The Labute approximate surface area is 108 Å². The van der Waals surface area contributed by atoms with Crippen molar-refractivity contribution in [3.05, 3.63) is 35.4 Å². The fourth-order valence-corrected chi connectivity index (χ4v) is 3.18. The Morgan fingerprint density at radius 1 is 1.17 bits per heavy atom. The molecule has 1 heterocycles. The van der Waals surface area contributed by atoms with Gasteiger partial charge in [-0.3, -0.25) is 4.79 Å². The maximum Gasteiger partial charge on any atom is 0.225 e. The molecule has 1 aromatic carbocycles. The summed E-state index contributed by atoms with van der Waals surface area (Å²) in [6.07, 6.45) is 4.86. The Bertz CT molecular complexity index is 438. The number of carbonyl (C=O) groups excluding carboxylic acids is 1. The van der Waals surface area contributed by atoms with Crippen LogP contribution in [0.2, 0.25) is 0 Å². The average Bonchev–Trinajstić information content (AvgIpc) is 2.95. The lowest BCUT2D eigenvalue weighted by atomic mass is 9.94. The van der Waals surface area contributed by atoms with Crippen LogP contribution in [0.1, 0.15) is 43.2 Å². The number of fused-ring (bicyclic) bond motifs is 1. The molecule has 0 atom stereocenters. The predicted octanol–water partition coefficient (Wildman–Crippen LogP) is 2.19. The summed E-state index contributed by atoms with van der Waals surface area (Å²) in [7, 11) is 0. The van der Waals surface area contributed by atoms with E-state index in [0.717, 1.165) is 25.9 Å². The van der Waals surface area contributed by atoms with Crippen LogP contribution in [0.15, 0.2) is 24.3 Å². The van der Waals surface area contributed by atoms with Crippen molar-refractivity contribution in [1.82, 2.24) is 4.90 Å². The molecule has 1 aromatic rings. The number of nitrogens with zero attached hydrogens (tertiary/aromatic N) is 1. The number of carbonyl (C=O) groups is 1. The molecule has 3 rings (SSSR count). The molecule has 0 aromatic heterocycles. The minimum Gasteiger partial charge on any atom is -0.334 e. The van der Waals surface area contributed by atoms with Crippen molar-refractivity contribution >= 4 is 5.91 Å². The zero-order chi connectivity index (χ0) is 12.6. The van der Waals surface area contributed by atoms with Gasteiger partial charge in [0, 0.05) is 25.0 Å². The van der Waals surface area contributed by atoms with E-state index in [9.17, 15) is 4.79 Å². The molecule has 0 spiro atoms. The van der Waals surface area contributed by atoms with Crippen LogP contribution < -0.4 is 5.73 Å². The lowest BCUT2D eigenvalue weighted by Gasteiger charge is -2.26. The van der Waals surface area contributed by atoms with Gasteiger partial charge in [0.2, 0.25) is 5.91 Å². The van der Waals surface area contributed by atoms with Crippen LogP contribution >= 0.6 is 0 Å². The molecule has 2 N–H and O–H groups in total. The van der Waals surface area contributed by atoms with Crippen LogP contribution in [-0.4, -0.2) is 16.3 Å². The number of hydrogen-bond donors (Lipinski definition) is 1. The van der Waals surface area contributed by atoms with Gasteiger partial charge in [-0.1, -0.05) is 37.1 Å². The van der Waals surface area contributed by atoms with E-state index in [1.807, 2.05) is 17.0 Å². The fraction of sp³-hybridized carbons (Fsp3) is 0.533. The molecule has 96 valence electrons. The zero-order valence-corrected chi connectivity index (χ0v) is 10.7. The summed E-state index contributed by atoms with van der Waals surface area (Å²) in [5.41, 5.74) is 8.62. The minimum absolute atomic E-state index is 0.218. The standard InChI is InChI=1S/C15H20N2O/c16-15(7-3-4-8-15)9-14(18)17-10-12-5-1-2-6-13(12)11-17/h1-2,5-6H,3-4,7-11,16H2. The predicted molar refractivity (Wildman–Crippen MR) is 70.7 cm³/mol. The summed E-state index contributed by atoms with van der Waals surface area (Å²) >= 11 is 0. The number of rotatable bonds is 2. The van der Waals surface area contributed by atoms with Crippen molar-refractivity contribution < 1.29 is 4.79 Å². The first kappa shape index (κ1) is 11.7. The monoisotopic (exact) mass is 244 g/mol. The number of hydrogen-bond acceptors (Lipinski definition) is 2. The quantitative estimate of drug-likeness (QED) is 0.866. The summed E-state index contributed by atoms with van der Waals surface area (Å²) in [4.78, 5) is 14.3. The smallest absolute Gasteiger partial charge is 0.225 e. The number of nitrogens with two attached hydrogens (primary N) is 1. The lowest BCUT2D eigenvalue weighted by Crippen LogP contribution is -2.42. The largest absolute Gasteiger partial charge is 0.334 e. The topological polar surface area (TPSA) is 46.3 Å². The Kier molecular flexibility index (Phi) is 2.86. The van der Waals surface area contributed by atoms with Crippen molar-refractivity contribution in [1.29, 1.82) is 0 Å². The van der Waals surface area contributed by atoms with Gasteiger partial charge in [0.25, 0.3) is 0 Å². The first-order valence-electron chi connectivity index (χ1n) is 6.80. The number of benzene rings is 1. The van der Waals surface area contributed by atoms with Gasteiger partial charge in [-0.05, 0) is 24.0 Å². The van der Waals surface area contributed by atoms with Crippen LogP contribution in [0.4, 0.5) is 0 Å². The second-order valence-corrected chi connectivity index (χ2v) is 5.76. The van der Waals surface area contributed by atoms with E-state index in [-0.39, 0.29) is 11.4 Å². The second kappa shape index (κ2) is 4.39. The summed E-state index contributed by atoms with van der Waals surface area (Å²) in [6, 6.07) is 8.29. The molecule has 18 heavy (non-hydrogen) atoms. The van der Waals surface area contributed by atoms with Crippen molar-refractivity contribution in [3.8, 4) is 0 Å². The molecule has 2 aliphatic rings. The first-order chi connectivity index (χ1) is 8.66. The van der Waals surface area contributed by atoms with Crippen LogP contribution in [0.5, 0.6) is 0 Å². The Morgan fingerprint density at radius 2 is 1.72 bits per heavy atom. The zero-order valence-electron chi connectivity index (χ0n) is 10.7. The molecule has 1 saturated carbocycles. The molecule has 0 radical (unpaired) electrons. The van der Waals surface area contributed by atoms with Gasteiger partial charge in [0.15, 0.2) is 0 Å². The maximum atomic E-state index is 12.3. The number of amides is 1. The van der Waals surface area contributed by atoms with Crippen LogP contribution in [0.25, 0.3) is 0 Å². The third-order valence-corrected chi connectivity index (χ3v) is 4.30. The van der Waals surface area contributed by atoms with Gasteiger partial charge in [-0.2, -0.15) is 0 Å². The molecular weight excluding hydrogens is 224 g/mol. The Morgan fingerprint density at radius 3 is 2.28 bits per heavy atom. The van der Waals surface area contributed by atoms with E-state index in [1.165, 1.54) is 24.0 Å². The highest BCUT2D eigenvalue weighted by molar-refractivity contribution is 5.78. The molecular formula is C15H20N2O. The van der Waals surface area contributed by atoms with Crippen molar-refractivity contribution in [3.63, 3.8) is 0 Å². The summed E-state index contributed by atoms with van der Waals surface area (Å²) in [5, 5.41) is 0. The third-order valence-electron chi connectivity index (χ3n) is 4.30. The molecule has 0 unspecified atom stereocenters. The van der Waals surface area contributed by atoms with Crippen molar-refractivity contribution in [2.75, 3.05) is 0 Å². The minimum atomic E-state index is -0.230. The highest BCUT2D eigenvalue weighted by Crippen LogP contribution is 2.32. The first-order valence-corrected chi connectivity index (χ1v) is 6.80. The van der Waals surface area contributed by atoms with E-state index < -0.39 is 0 Å². The van der Waals surface area contributed by atoms with E-state index >= 15 is 0 Å².